The van der Waals surface area contributed by atoms with Crippen molar-refractivity contribution in [2.45, 2.75) is 25.0 Å². The van der Waals surface area contributed by atoms with Gasteiger partial charge >= 0.3 is 0 Å². The Morgan fingerprint density at radius 1 is 1.07 bits per heavy atom. The monoisotopic (exact) mass is 592 g/mol. The van der Waals surface area contributed by atoms with Crippen molar-refractivity contribution in [1.82, 2.24) is 19.8 Å². The molecule has 1 saturated heterocycles. The molecular formula is C31H30ClFN4O5. The number of likely N-dealkylation sites (tertiary alicyclic amines) is 1. The first-order valence-electron chi connectivity index (χ1n) is 13.8. The molecule has 9 nitrogen and oxygen atoms in total. The van der Waals surface area contributed by atoms with Crippen molar-refractivity contribution in [1.29, 1.82) is 0 Å². The molecule has 11 heteroatoms. The number of imidazole rings is 1. The molecule has 0 spiro atoms. The van der Waals surface area contributed by atoms with Crippen LogP contribution >= 0.6 is 11.6 Å². The molecule has 0 bridgehead atoms. The molecule has 4 aromatic rings. The average molecular weight is 593 g/mol. The molecule has 218 valence electrons. The van der Waals surface area contributed by atoms with Gasteiger partial charge in [0.1, 0.15) is 19.3 Å². The van der Waals surface area contributed by atoms with Gasteiger partial charge in [-0.3, -0.25) is 9.59 Å². The zero-order valence-electron chi connectivity index (χ0n) is 23.0. The number of benzene rings is 3. The van der Waals surface area contributed by atoms with Crippen molar-refractivity contribution in [3.8, 4) is 22.8 Å². The van der Waals surface area contributed by atoms with Gasteiger partial charge in [0.05, 0.1) is 11.7 Å². The van der Waals surface area contributed by atoms with Gasteiger partial charge in [0.2, 0.25) is 0 Å². The number of ether oxygens (including phenoxy) is 2. The minimum absolute atomic E-state index is 0.00620. The number of amides is 1. The highest BCUT2D eigenvalue weighted by Crippen LogP contribution is 2.36. The van der Waals surface area contributed by atoms with Crippen molar-refractivity contribution < 1.29 is 28.6 Å². The topological polar surface area (TPSA) is 106 Å². The predicted molar refractivity (Wildman–Crippen MR) is 155 cm³/mol. The highest BCUT2D eigenvalue weighted by Gasteiger charge is 2.32. The summed E-state index contributed by atoms with van der Waals surface area (Å²) in [5.74, 6) is -2.28. The van der Waals surface area contributed by atoms with Gasteiger partial charge in [-0.05, 0) is 72.6 Å². The standard InChI is InChI=1S/C31H30ClFN4O5/c1-36-16-24(20-5-4-19-13-22(32)7-6-18(19)12-20)34-30(36)28(39)31(40)35-25(17-37-8-2-3-9-37)27(38)21-14-23(33)29-26(15-21)41-10-11-42-29/h4-7,12-16,25,27,38H,2-3,8-11,17H2,1H3,(H,35,40). The van der Waals surface area contributed by atoms with Crippen LogP contribution in [-0.2, 0) is 11.8 Å². The van der Waals surface area contributed by atoms with E-state index in [0.29, 0.717) is 10.7 Å². The summed E-state index contributed by atoms with van der Waals surface area (Å²) in [6, 6.07) is 13.1. The number of carbonyl (C=O) groups is 2. The number of fused-ring (bicyclic) bond motifs is 2. The lowest BCUT2D eigenvalue weighted by Gasteiger charge is -2.29. The molecule has 3 heterocycles. The third kappa shape index (κ3) is 5.70. The number of halogens is 2. The summed E-state index contributed by atoms with van der Waals surface area (Å²) in [6.45, 7) is 2.36. The minimum Gasteiger partial charge on any atom is -0.486 e. The van der Waals surface area contributed by atoms with Crippen LogP contribution < -0.4 is 14.8 Å². The van der Waals surface area contributed by atoms with E-state index in [9.17, 15) is 19.1 Å². The molecule has 1 aromatic heterocycles. The highest BCUT2D eigenvalue weighted by atomic mass is 35.5. The van der Waals surface area contributed by atoms with E-state index >= 15 is 0 Å². The van der Waals surface area contributed by atoms with Gasteiger partial charge in [-0.2, -0.15) is 0 Å². The molecule has 42 heavy (non-hydrogen) atoms. The van der Waals surface area contributed by atoms with Crippen LogP contribution in [0.2, 0.25) is 5.02 Å². The molecule has 0 saturated carbocycles. The minimum atomic E-state index is -1.31. The number of nitrogens with one attached hydrogen (secondary N) is 1. The summed E-state index contributed by atoms with van der Waals surface area (Å²) in [6.07, 6.45) is 2.36. The van der Waals surface area contributed by atoms with Crippen LogP contribution in [0.4, 0.5) is 4.39 Å². The quantitative estimate of drug-likeness (QED) is 0.232. The van der Waals surface area contributed by atoms with Gasteiger partial charge < -0.3 is 29.4 Å². The molecule has 2 aliphatic heterocycles. The third-order valence-corrected chi connectivity index (χ3v) is 7.93. The van der Waals surface area contributed by atoms with Crippen LogP contribution in [0.3, 0.4) is 0 Å². The van der Waals surface area contributed by atoms with E-state index in [1.807, 2.05) is 30.3 Å². The first-order valence-corrected chi connectivity index (χ1v) is 14.2. The maximum atomic E-state index is 14.8. The molecule has 2 N–H and O–H groups in total. The molecule has 1 amide bonds. The second-order valence-corrected chi connectivity index (χ2v) is 11.1. The first-order chi connectivity index (χ1) is 20.3. The smallest absolute Gasteiger partial charge is 0.296 e. The number of aliphatic hydroxyl groups excluding tert-OH is 1. The Hall–Kier alpha value is -3.99. The molecule has 1 fully saturated rings. The molecule has 0 aliphatic carbocycles. The highest BCUT2D eigenvalue weighted by molar-refractivity contribution is 6.42. The summed E-state index contributed by atoms with van der Waals surface area (Å²) < 4.78 is 27.2. The Labute approximate surface area is 246 Å². The van der Waals surface area contributed by atoms with Crippen LogP contribution in [0.5, 0.6) is 11.5 Å². The lowest BCUT2D eigenvalue weighted by Crippen LogP contribution is -2.49. The van der Waals surface area contributed by atoms with Crippen molar-refractivity contribution in [2.24, 2.45) is 7.05 Å². The predicted octanol–water partition coefficient (Wildman–Crippen LogP) is 4.30. The van der Waals surface area contributed by atoms with Crippen molar-refractivity contribution in [2.75, 3.05) is 32.8 Å². The molecule has 2 atom stereocenters. The Balaban J connectivity index is 1.23. The maximum absolute atomic E-state index is 14.8. The first kappa shape index (κ1) is 28.1. The zero-order valence-corrected chi connectivity index (χ0v) is 23.7. The Bertz CT molecular complexity index is 1670. The number of hydrogen-bond donors (Lipinski definition) is 2. The van der Waals surface area contributed by atoms with Gasteiger partial charge in [0.25, 0.3) is 11.7 Å². The number of aromatic nitrogens is 2. The second-order valence-electron chi connectivity index (χ2n) is 10.7. The third-order valence-electron chi connectivity index (χ3n) is 7.70. The molecular weight excluding hydrogens is 563 g/mol. The number of aryl methyl sites for hydroxylation is 1. The van der Waals surface area contributed by atoms with Crippen molar-refractivity contribution in [3.05, 3.63) is 77.0 Å². The molecule has 0 radical (unpaired) electrons. The lowest BCUT2D eigenvalue weighted by atomic mass is 10.00. The van der Waals surface area contributed by atoms with Crippen molar-refractivity contribution >= 4 is 34.1 Å². The number of ketones is 1. The van der Waals surface area contributed by atoms with Crippen LogP contribution in [0.15, 0.2) is 54.7 Å². The number of rotatable bonds is 8. The SMILES string of the molecule is Cn1cc(-c2ccc3cc(Cl)ccc3c2)nc1C(=O)C(=O)NC(CN1CCCC1)C(O)c1cc(F)c2c(c1)OCCO2. The largest absolute Gasteiger partial charge is 0.486 e. The van der Waals surface area contributed by atoms with E-state index in [2.05, 4.69) is 15.2 Å². The fourth-order valence-corrected chi connectivity index (χ4v) is 5.71. The van der Waals surface area contributed by atoms with E-state index in [4.69, 9.17) is 21.1 Å². The number of nitrogens with zero attached hydrogens (tertiary/aromatic N) is 3. The number of carbonyl (C=O) groups excluding carboxylic acids is 2. The van der Waals surface area contributed by atoms with E-state index < -0.39 is 29.7 Å². The summed E-state index contributed by atoms with van der Waals surface area (Å²) >= 11 is 6.10. The number of aliphatic hydroxyl groups is 1. The maximum Gasteiger partial charge on any atom is 0.296 e. The Kier molecular flexibility index (Phi) is 7.85. The lowest BCUT2D eigenvalue weighted by molar-refractivity contribution is -0.118. The zero-order chi connectivity index (χ0) is 29.4. The second kappa shape index (κ2) is 11.7. The molecule has 3 aromatic carbocycles. The van der Waals surface area contributed by atoms with Gasteiger partial charge in [0.15, 0.2) is 23.1 Å². The van der Waals surface area contributed by atoms with Gasteiger partial charge in [0, 0.05) is 30.4 Å². The van der Waals surface area contributed by atoms with E-state index in [1.54, 1.807) is 19.3 Å². The van der Waals surface area contributed by atoms with Crippen LogP contribution in [0.1, 0.15) is 35.1 Å². The molecule has 6 rings (SSSR count). The van der Waals surface area contributed by atoms with Gasteiger partial charge in [-0.25, -0.2) is 9.37 Å². The van der Waals surface area contributed by atoms with Crippen molar-refractivity contribution in [3.63, 3.8) is 0 Å². The summed E-state index contributed by atoms with van der Waals surface area (Å²) in [5.41, 5.74) is 1.53. The summed E-state index contributed by atoms with van der Waals surface area (Å²) in [7, 11) is 1.65. The summed E-state index contributed by atoms with van der Waals surface area (Å²) in [4.78, 5) is 33.2. The average Bonchev–Trinajstić information content (AvgIpc) is 3.65. The number of hydrogen-bond acceptors (Lipinski definition) is 7. The summed E-state index contributed by atoms with van der Waals surface area (Å²) in [5, 5.41) is 16.6. The van der Waals surface area contributed by atoms with Crippen LogP contribution in [0, 0.1) is 5.82 Å². The fraction of sp³-hybridized carbons (Fsp3) is 0.323. The Morgan fingerprint density at radius 3 is 2.62 bits per heavy atom. The fourth-order valence-electron chi connectivity index (χ4n) is 5.53. The van der Waals surface area contributed by atoms with E-state index in [0.717, 1.165) is 42.3 Å². The number of Topliss-reactive ketones (excluding diaryl/α,β-unsaturated/α-hetero) is 1. The van der Waals surface area contributed by atoms with E-state index in [1.165, 1.54) is 16.7 Å². The van der Waals surface area contributed by atoms with E-state index in [-0.39, 0.29) is 42.6 Å². The van der Waals surface area contributed by atoms with Crippen LogP contribution in [-0.4, -0.2) is 70.1 Å². The molecule has 2 unspecified atom stereocenters. The Morgan fingerprint density at radius 2 is 1.81 bits per heavy atom. The molecule has 2 aliphatic rings. The normalized spacial score (nSPS) is 16.4. The van der Waals surface area contributed by atoms with Crippen LogP contribution in [0.25, 0.3) is 22.0 Å². The van der Waals surface area contributed by atoms with Gasteiger partial charge in [-0.1, -0.05) is 29.8 Å². The van der Waals surface area contributed by atoms with Gasteiger partial charge in [-0.15, -0.1) is 0 Å².